The van der Waals surface area contributed by atoms with Crippen LogP contribution in [0.2, 0.25) is 0 Å². The zero-order chi connectivity index (χ0) is 16.9. The van der Waals surface area contributed by atoms with Crippen LogP contribution in [0.15, 0.2) is 54.6 Å². The molecule has 1 heterocycles. The second-order valence-electron chi connectivity index (χ2n) is 5.86. The van der Waals surface area contributed by atoms with Crippen LogP contribution in [-0.4, -0.2) is 16.5 Å². The summed E-state index contributed by atoms with van der Waals surface area (Å²) in [6, 6.07) is 18.5. The third-order valence-corrected chi connectivity index (χ3v) is 3.62. The molecule has 1 aromatic heterocycles. The fourth-order valence-electron chi connectivity index (χ4n) is 2.70. The number of nitrogens with zero attached hydrogens (tertiary/aromatic N) is 2. The van der Waals surface area contributed by atoms with E-state index in [2.05, 4.69) is 64.8 Å². The van der Waals surface area contributed by atoms with Gasteiger partial charge in [0.2, 0.25) is 5.95 Å². The first kappa shape index (κ1) is 16.0. The highest BCUT2D eigenvalue weighted by molar-refractivity contribution is 5.67. The van der Waals surface area contributed by atoms with Gasteiger partial charge in [-0.05, 0) is 44.0 Å². The SMILES string of the molecule is CCNc1nc(Nc2cc(C)cc(C)c2)cc(-c2ccccc2)n1. The van der Waals surface area contributed by atoms with Crippen molar-refractivity contribution in [2.45, 2.75) is 20.8 Å². The zero-order valence-corrected chi connectivity index (χ0v) is 14.3. The molecule has 3 aromatic rings. The average Bonchev–Trinajstić information content (AvgIpc) is 2.55. The molecule has 0 unspecified atom stereocenters. The van der Waals surface area contributed by atoms with Crippen LogP contribution >= 0.6 is 0 Å². The Morgan fingerprint density at radius 3 is 2.25 bits per heavy atom. The summed E-state index contributed by atoms with van der Waals surface area (Å²) in [5, 5.41) is 6.61. The number of rotatable bonds is 5. The molecule has 4 heteroatoms. The van der Waals surface area contributed by atoms with Crippen LogP contribution in [0, 0.1) is 13.8 Å². The van der Waals surface area contributed by atoms with Crippen LogP contribution in [-0.2, 0) is 0 Å². The van der Waals surface area contributed by atoms with Crippen LogP contribution in [0.1, 0.15) is 18.1 Å². The Morgan fingerprint density at radius 1 is 0.875 bits per heavy atom. The van der Waals surface area contributed by atoms with Crippen molar-refractivity contribution in [3.05, 3.63) is 65.7 Å². The van der Waals surface area contributed by atoms with Gasteiger partial charge in [0.1, 0.15) is 5.82 Å². The number of hydrogen-bond donors (Lipinski definition) is 2. The molecule has 0 saturated carbocycles. The van der Waals surface area contributed by atoms with Gasteiger partial charge in [0.15, 0.2) is 0 Å². The van der Waals surface area contributed by atoms with Crippen LogP contribution in [0.5, 0.6) is 0 Å². The van der Waals surface area contributed by atoms with Crippen molar-refractivity contribution in [2.24, 2.45) is 0 Å². The quantitative estimate of drug-likeness (QED) is 0.700. The summed E-state index contributed by atoms with van der Waals surface area (Å²) in [7, 11) is 0. The van der Waals surface area contributed by atoms with E-state index in [1.807, 2.05) is 31.2 Å². The predicted molar refractivity (Wildman–Crippen MR) is 101 cm³/mol. The maximum Gasteiger partial charge on any atom is 0.225 e. The Kier molecular flexibility index (Phi) is 4.75. The third-order valence-electron chi connectivity index (χ3n) is 3.62. The molecular weight excluding hydrogens is 296 g/mol. The molecule has 0 aliphatic carbocycles. The molecule has 24 heavy (non-hydrogen) atoms. The molecule has 0 atom stereocenters. The largest absolute Gasteiger partial charge is 0.354 e. The fourth-order valence-corrected chi connectivity index (χ4v) is 2.70. The highest BCUT2D eigenvalue weighted by Gasteiger charge is 2.07. The number of aromatic nitrogens is 2. The van der Waals surface area contributed by atoms with Crippen molar-refractivity contribution in [1.29, 1.82) is 0 Å². The fraction of sp³-hybridized carbons (Fsp3) is 0.200. The van der Waals surface area contributed by atoms with E-state index in [1.54, 1.807) is 0 Å². The van der Waals surface area contributed by atoms with Crippen molar-refractivity contribution in [1.82, 2.24) is 9.97 Å². The van der Waals surface area contributed by atoms with E-state index in [4.69, 9.17) is 0 Å². The van der Waals surface area contributed by atoms with E-state index in [9.17, 15) is 0 Å². The second kappa shape index (κ2) is 7.13. The third kappa shape index (κ3) is 3.90. The van der Waals surface area contributed by atoms with Crippen molar-refractivity contribution in [3.63, 3.8) is 0 Å². The standard InChI is InChI=1S/C20H22N4/c1-4-21-20-23-18(16-8-6-5-7-9-16)13-19(24-20)22-17-11-14(2)10-15(3)12-17/h5-13H,4H2,1-3H3,(H2,21,22,23,24). The second-order valence-corrected chi connectivity index (χ2v) is 5.86. The van der Waals surface area contributed by atoms with Gasteiger partial charge >= 0.3 is 0 Å². The van der Waals surface area contributed by atoms with Gasteiger partial charge in [0, 0.05) is 23.9 Å². The Balaban J connectivity index is 1.98. The zero-order valence-electron chi connectivity index (χ0n) is 14.3. The highest BCUT2D eigenvalue weighted by Crippen LogP contribution is 2.24. The maximum atomic E-state index is 4.61. The smallest absolute Gasteiger partial charge is 0.225 e. The minimum atomic E-state index is 0.630. The summed E-state index contributed by atoms with van der Waals surface area (Å²) in [5.74, 6) is 1.41. The van der Waals surface area contributed by atoms with E-state index < -0.39 is 0 Å². The highest BCUT2D eigenvalue weighted by atomic mass is 15.1. The van der Waals surface area contributed by atoms with Crippen LogP contribution in [0.4, 0.5) is 17.5 Å². The molecule has 0 aliphatic rings. The predicted octanol–water partition coefficient (Wildman–Crippen LogP) is 4.94. The first-order chi connectivity index (χ1) is 11.6. The lowest BCUT2D eigenvalue weighted by Gasteiger charge is -2.12. The normalized spacial score (nSPS) is 10.5. The number of benzene rings is 2. The number of hydrogen-bond acceptors (Lipinski definition) is 4. The molecule has 0 saturated heterocycles. The van der Waals surface area contributed by atoms with Crippen molar-refractivity contribution in [2.75, 3.05) is 17.2 Å². The number of aryl methyl sites for hydroxylation is 2. The van der Waals surface area contributed by atoms with Crippen molar-refractivity contribution >= 4 is 17.5 Å². The van der Waals surface area contributed by atoms with Crippen LogP contribution in [0.25, 0.3) is 11.3 Å². The minimum absolute atomic E-state index is 0.630. The van der Waals surface area contributed by atoms with Crippen LogP contribution in [0.3, 0.4) is 0 Å². The van der Waals surface area contributed by atoms with Gasteiger partial charge in [-0.15, -0.1) is 0 Å². The molecule has 2 aromatic carbocycles. The van der Waals surface area contributed by atoms with Gasteiger partial charge in [-0.1, -0.05) is 36.4 Å². The summed E-state index contributed by atoms with van der Waals surface area (Å²) < 4.78 is 0. The van der Waals surface area contributed by atoms with Crippen molar-refractivity contribution < 1.29 is 0 Å². The molecule has 0 bridgehead atoms. The average molecular weight is 318 g/mol. The van der Waals surface area contributed by atoms with Gasteiger partial charge < -0.3 is 10.6 Å². The molecular formula is C20H22N4. The summed E-state index contributed by atoms with van der Waals surface area (Å²) in [5.41, 5.74) is 5.45. The van der Waals surface area contributed by atoms with Crippen LogP contribution < -0.4 is 10.6 Å². The monoisotopic (exact) mass is 318 g/mol. The van der Waals surface area contributed by atoms with Gasteiger partial charge in [0.25, 0.3) is 0 Å². The van der Waals surface area contributed by atoms with Gasteiger partial charge in [-0.25, -0.2) is 4.98 Å². The molecule has 0 fully saturated rings. The summed E-state index contributed by atoms with van der Waals surface area (Å²) in [6.07, 6.45) is 0. The molecule has 122 valence electrons. The summed E-state index contributed by atoms with van der Waals surface area (Å²) in [4.78, 5) is 9.18. The lowest BCUT2D eigenvalue weighted by atomic mass is 10.1. The topological polar surface area (TPSA) is 49.8 Å². The minimum Gasteiger partial charge on any atom is -0.354 e. The maximum absolute atomic E-state index is 4.61. The summed E-state index contributed by atoms with van der Waals surface area (Å²) in [6.45, 7) is 7.01. The van der Waals surface area contributed by atoms with Crippen molar-refractivity contribution in [3.8, 4) is 11.3 Å². The first-order valence-electron chi connectivity index (χ1n) is 8.18. The molecule has 4 nitrogen and oxygen atoms in total. The van der Waals surface area contributed by atoms with Gasteiger partial charge in [0.05, 0.1) is 5.69 Å². The van der Waals surface area contributed by atoms with E-state index in [1.165, 1.54) is 11.1 Å². The Hall–Kier alpha value is -2.88. The van der Waals surface area contributed by atoms with Gasteiger partial charge in [-0.3, -0.25) is 0 Å². The Bertz CT molecular complexity index is 808. The number of nitrogens with one attached hydrogen (secondary N) is 2. The van der Waals surface area contributed by atoms with E-state index in [0.717, 1.165) is 29.3 Å². The molecule has 0 aliphatic heterocycles. The molecule has 0 radical (unpaired) electrons. The Labute approximate surface area is 143 Å². The molecule has 2 N–H and O–H groups in total. The summed E-state index contributed by atoms with van der Waals surface area (Å²) >= 11 is 0. The Morgan fingerprint density at radius 2 is 1.58 bits per heavy atom. The molecule has 3 rings (SSSR count). The molecule has 0 spiro atoms. The van der Waals surface area contributed by atoms with E-state index in [-0.39, 0.29) is 0 Å². The molecule has 0 amide bonds. The first-order valence-corrected chi connectivity index (χ1v) is 8.18. The van der Waals surface area contributed by atoms with Gasteiger partial charge in [-0.2, -0.15) is 4.98 Å². The number of anilines is 3. The van der Waals surface area contributed by atoms with E-state index >= 15 is 0 Å². The lowest BCUT2D eigenvalue weighted by Crippen LogP contribution is -2.05. The van der Waals surface area contributed by atoms with E-state index in [0.29, 0.717) is 5.95 Å². The lowest BCUT2D eigenvalue weighted by molar-refractivity contribution is 1.09.